The maximum Gasteiger partial charge on any atom is 0.264 e. The van der Waals surface area contributed by atoms with E-state index in [1.54, 1.807) is 12.1 Å². The van der Waals surface area contributed by atoms with E-state index in [1.165, 1.54) is 12.1 Å². The van der Waals surface area contributed by atoms with Crippen molar-refractivity contribution in [1.82, 2.24) is 20.1 Å². The van der Waals surface area contributed by atoms with E-state index < -0.39 is 0 Å². The normalized spacial score (nSPS) is 11.3. The highest BCUT2D eigenvalue weighted by molar-refractivity contribution is 5.53. The molecular weight excluding hydrogens is 335 g/mol. The maximum absolute atomic E-state index is 13.3. The molecule has 2 aromatic heterocycles. The van der Waals surface area contributed by atoms with Gasteiger partial charge in [-0.1, -0.05) is 45.0 Å². The zero-order valence-corrected chi connectivity index (χ0v) is 15.2. The van der Waals surface area contributed by atoms with Crippen LogP contribution < -0.4 is 4.74 Å². The second kappa shape index (κ2) is 7.59. The summed E-state index contributed by atoms with van der Waals surface area (Å²) in [6.45, 7) is 8.28. The summed E-state index contributed by atoms with van der Waals surface area (Å²) in [6, 6.07) is 7.84. The van der Waals surface area contributed by atoms with Gasteiger partial charge in [-0.05, 0) is 18.1 Å². The molecular formula is C19H21FN4O2. The molecule has 7 heteroatoms. The third kappa shape index (κ3) is 4.22. The maximum atomic E-state index is 13.3. The molecule has 0 amide bonds. The Morgan fingerprint density at radius 1 is 1.04 bits per heavy atom. The van der Waals surface area contributed by atoms with Crippen molar-refractivity contribution >= 4 is 0 Å². The number of nitrogens with zero attached hydrogens (tertiary/aromatic N) is 4. The fraction of sp³-hybridized carbons (Fsp3) is 0.368. The molecule has 3 rings (SSSR count). The summed E-state index contributed by atoms with van der Waals surface area (Å²) in [6.07, 6.45) is 0. The monoisotopic (exact) mass is 356 g/mol. The van der Waals surface area contributed by atoms with Crippen molar-refractivity contribution in [2.75, 3.05) is 0 Å². The molecule has 0 fully saturated rings. The van der Waals surface area contributed by atoms with Crippen molar-refractivity contribution in [2.24, 2.45) is 0 Å². The van der Waals surface area contributed by atoms with Crippen LogP contribution in [0.5, 0.6) is 5.88 Å². The van der Waals surface area contributed by atoms with E-state index in [0.29, 0.717) is 23.2 Å². The number of hydrogen-bond acceptors (Lipinski definition) is 6. The highest BCUT2D eigenvalue weighted by Gasteiger charge is 2.14. The molecule has 0 bridgehead atoms. The van der Waals surface area contributed by atoms with E-state index in [1.807, 2.05) is 19.9 Å². The Balaban J connectivity index is 1.75. The highest BCUT2D eigenvalue weighted by atomic mass is 19.1. The molecule has 3 aromatic rings. The molecule has 0 saturated carbocycles. The molecule has 136 valence electrons. The first-order valence-electron chi connectivity index (χ1n) is 8.52. The van der Waals surface area contributed by atoms with Crippen LogP contribution in [-0.4, -0.2) is 20.1 Å². The minimum atomic E-state index is -0.353. The van der Waals surface area contributed by atoms with E-state index in [9.17, 15) is 4.39 Å². The molecule has 0 aliphatic heterocycles. The predicted molar refractivity (Wildman–Crippen MR) is 94.2 cm³/mol. The quantitative estimate of drug-likeness (QED) is 0.648. The molecule has 0 aliphatic carbocycles. The first-order chi connectivity index (χ1) is 12.4. The van der Waals surface area contributed by atoms with E-state index >= 15 is 0 Å². The van der Waals surface area contributed by atoms with Gasteiger partial charge in [0.1, 0.15) is 11.6 Å². The lowest BCUT2D eigenvalue weighted by Crippen LogP contribution is -2.06. The summed E-state index contributed by atoms with van der Waals surface area (Å²) in [5, 5.41) is 3.87. The second-order valence-electron chi connectivity index (χ2n) is 6.61. The Kier molecular flexibility index (Phi) is 5.25. The van der Waals surface area contributed by atoms with Crippen LogP contribution in [0.1, 0.15) is 56.9 Å². The van der Waals surface area contributed by atoms with Crippen LogP contribution in [0.3, 0.4) is 0 Å². The SMILES string of the molecule is CC(C)c1cc(OCc2nc(-c3cccc(F)c3)no2)nc(C(C)C)n1. The van der Waals surface area contributed by atoms with Crippen molar-refractivity contribution in [3.8, 4) is 17.3 Å². The summed E-state index contributed by atoms with van der Waals surface area (Å²) < 4.78 is 24.2. The Hall–Kier alpha value is -2.83. The van der Waals surface area contributed by atoms with Crippen LogP contribution in [0.15, 0.2) is 34.9 Å². The number of benzene rings is 1. The lowest BCUT2D eigenvalue weighted by molar-refractivity contribution is 0.234. The lowest BCUT2D eigenvalue weighted by Gasteiger charge is -2.12. The third-order valence-electron chi connectivity index (χ3n) is 3.74. The standard InChI is InChI=1S/C19H21FN4O2/c1-11(2)15-9-16(22-18(21-15)12(3)4)25-10-17-23-19(24-26-17)13-6-5-7-14(20)8-13/h5-9,11-12H,10H2,1-4H3. The second-order valence-corrected chi connectivity index (χ2v) is 6.61. The van der Waals surface area contributed by atoms with Crippen LogP contribution in [0, 0.1) is 5.82 Å². The predicted octanol–water partition coefficient (Wildman–Crippen LogP) is 4.49. The van der Waals surface area contributed by atoms with Gasteiger partial charge in [-0.3, -0.25) is 0 Å². The molecule has 0 radical (unpaired) electrons. The Morgan fingerprint density at radius 2 is 1.85 bits per heavy atom. The van der Waals surface area contributed by atoms with Crippen LogP contribution in [0.4, 0.5) is 4.39 Å². The molecule has 0 N–H and O–H groups in total. The summed E-state index contributed by atoms with van der Waals surface area (Å²) in [5.74, 6) is 1.92. The molecule has 0 saturated heterocycles. The summed E-state index contributed by atoms with van der Waals surface area (Å²) >= 11 is 0. The summed E-state index contributed by atoms with van der Waals surface area (Å²) in [7, 11) is 0. The fourth-order valence-corrected chi connectivity index (χ4v) is 2.28. The average molecular weight is 356 g/mol. The number of ether oxygens (including phenoxy) is 1. The van der Waals surface area contributed by atoms with Crippen molar-refractivity contribution in [3.63, 3.8) is 0 Å². The van der Waals surface area contributed by atoms with Crippen molar-refractivity contribution in [1.29, 1.82) is 0 Å². The van der Waals surface area contributed by atoms with Crippen molar-refractivity contribution < 1.29 is 13.7 Å². The largest absolute Gasteiger partial charge is 0.467 e. The van der Waals surface area contributed by atoms with Crippen molar-refractivity contribution in [3.05, 3.63) is 53.6 Å². The number of halogens is 1. The van der Waals surface area contributed by atoms with Gasteiger partial charge in [0.25, 0.3) is 5.89 Å². The minimum absolute atomic E-state index is 0.0778. The number of hydrogen-bond donors (Lipinski definition) is 0. The minimum Gasteiger partial charge on any atom is -0.467 e. The van der Waals surface area contributed by atoms with Gasteiger partial charge in [-0.15, -0.1) is 0 Å². The van der Waals surface area contributed by atoms with Crippen LogP contribution in [0.25, 0.3) is 11.4 Å². The fourth-order valence-electron chi connectivity index (χ4n) is 2.28. The third-order valence-corrected chi connectivity index (χ3v) is 3.74. The summed E-state index contributed by atoms with van der Waals surface area (Å²) in [5.41, 5.74) is 1.47. The van der Waals surface area contributed by atoms with Gasteiger partial charge < -0.3 is 9.26 Å². The highest BCUT2D eigenvalue weighted by Crippen LogP contribution is 2.22. The van der Waals surface area contributed by atoms with E-state index in [4.69, 9.17) is 9.26 Å². The van der Waals surface area contributed by atoms with Crippen LogP contribution in [0.2, 0.25) is 0 Å². The van der Waals surface area contributed by atoms with Crippen LogP contribution in [-0.2, 0) is 6.61 Å². The zero-order chi connectivity index (χ0) is 18.7. The van der Waals surface area contributed by atoms with Gasteiger partial charge in [0.05, 0.1) is 5.69 Å². The zero-order valence-electron chi connectivity index (χ0n) is 15.2. The number of rotatable bonds is 6. The molecule has 0 atom stereocenters. The van der Waals surface area contributed by atoms with E-state index in [2.05, 4.69) is 34.0 Å². The average Bonchev–Trinajstić information content (AvgIpc) is 3.08. The van der Waals surface area contributed by atoms with E-state index in [-0.39, 0.29) is 24.3 Å². The molecule has 6 nitrogen and oxygen atoms in total. The smallest absolute Gasteiger partial charge is 0.264 e. The van der Waals surface area contributed by atoms with Crippen molar-refractivity contribution in [2.45, 2.75) is 46.1 Å². The Labute approximate surface area is 151 Å². The van der Waals surface area contributed by atoms with Gasteiger partial charge in [-0.2, -0.15) is 9.97 Å². The first kappa shape index (κ1) is 18.0. The Bertz CT molecular complexity index is 867. The van der Waals surface area contributed by atoms with Crippen LogP contribution >= 0.6 is 0 Å². The van der Waals surface area contributed by atoms with Gasteiger partial charge in [0.15, 0.2) is 6.61 Å². The molecule has 0 spiro atoms. The van der Waals surface area contributed by atoms with Gasteiger partial charge in [0.2, 0.25) is 11.7 Å². The summed E-state index contributed by atoms with van der Waals surface area (Å²) in [4.78, 5) is 13.2. The Morgan fingerprint density at radius 3 is 2.54 bits per heavy atom. The topological polar surface area (TPSA) is 73.9 Å². The van der Waals surface area contributed by atoms with Gasteiger partial charge in [-0.25, -0.2) is 9.37 Å². The number of aromatic nitrogens is 4. The van der Waals surface area contributed by atoms with Gasteiger partial charge >= 0.3 is 0 Å². The molecule has 26 heavy (non-hydrogen) atoms. The first-order valence-corrected chi connectivity index (χ1v) is 8.52. The molecule has 0 unspecified atom stereocenters. The molecule has 0 aliphatic rings. The molecule has 2 heterocycles. The van der Waals surface area contributed by atoms with E-state index in [0.717, 1.165) is 11.5 Å². The van der Waals surface area contributed by atoms with Gasteiger partial charge in [0, 0.05) is 17.5 Å². The molecule has 1 aromatic carbocycles. The lowest BCUT2D eigenvalue weighted by atomic mass is 10.1.